The van der Waals surface area contributed by atoms with Crippen LogP contribution in [0.1, 0.15) is 58.9 Å². The smallest absolute Gasteiger partial charge is 0.410 e. The van der Waals surface area contributed by atoms with E-state index < -0.39 is 21.7 Å². The first-order valence-electron chi connectivity index (χ1n) is 10.9. The van der Waals surface area contributed by atoms with Gasteiger partial charge in [0.1, 0.15) is 23.3 Å². The van der Waals surface area contributed by atoms with Gasteiger partial charge >= 0.3 is 12.1 Å². The monoisotopic (exact) mass is 448 g/mol. The molecule has 3 atom stereocenters. The molecule has 7 nitrogen and oxygen atoms in total. The summed E-state index contributed by atoms with van der Waals surface area (Å²) in [6.07, 6.45) is 2.59. The summed E-state index contributed by atoms with van der Waals surface area (Å²) in [4.78, 5) is 27.2. The summed E-state index contributed by atoms with van der Waals surface area (Å²) >= 11 is 0. The number of rotatable bonds is 6. The fourth-order valence-corrected chi connectivity index (χ4v) is 4.88. The number of nitrogens with zero attached hydrogens (tertiary/aromatic N) is 2. The standard InChI is InChI=1S/C23H32N2O5S/c1-5-29-21(26)20(24-31(28)23(2,3)4)17-13-18-11-12-19(14-17)25(18)22(27)30-15-16-9-7-6-8-10-16/h6-10,17-19H,5,11-15H2,1-4H3/b24-20-/t17?,18?,19?,31-/m0/s1. The lowest BCUT2D eigenvalue weighted by atomic mass is 9.87. The highest BCUT2D eigenvalue weighted by Crippen LogP contribution is 2.40. The van der Waals surface area contributed by atoms with Crippen molar-refractivity contribution in [1.29, 1.82) is 0 Å². The number of amides is 1. The van der Waals surface area contributed by atoms with Gasteiger partial charge < -0.3 is 14.4 Å². The van der Waals surface area contributed by atoms with Crippen LogP contribution in [0, 0.1) is 5.92 Å². The van der Waals surface area contributed by atoms with Gasteiger partial charge in [-0.15, -0.1) is 0 Å². The lowest BCUT2D eigenvalue weighted by molar-refractivity contribution is -0.135. The van der Waals surface area contributed by atoms with Gasteiger partial charge in [-0.05, 0) is 58.9 Å². The van der Waals surface area contributed by atoms with E-state index in [0.717, 1.165) is 18.4 Å². The van der Waals surface area contributed by atoms with Crippen molar-refractivity contribution in [3.05, 3.63) is 35.9 Å². The van der Waals surface area contributed by atoms with Crippen LogP contribution in [0.4, 0.5) is 4.79 Å². The average molecular weight is 449 g/mol. The molecule has 1 aromatic rings. The maximum Gasteiger partial charge on any atom is 0.410 e. The molecule has 8 heteroatoms. The second-order valence-corrected chi connectivity index (χ2v) is 11.0. The van der Waals surface area contributed by atoms with E-state index >= 15 is 0 Å². The van der Waals surface area contributed by atoms with E-state index in [1.807, 2.05) is 56.0 Å². The molecular weight excluding hydrogens is 416 g/mol. The van der Waals surface area contributed by atoms with Crippen molar-refractivity contribution in [3.63, 3.8) is 0 Å². The average Bonchev–Trinajstić information content (AvgIpc) is 3.00. The Balaban J connectivity index is 1.71. The summed E-state index contributed by atoms with van der Waals surface area (Å²) in [6.45, 7) is 7.68. The molecule has 2 aliphatic rings. The molecular formula is C23H32N2O5S. The molecule has 3 rings (SSSR count). The molecule has 2 aliphatic heterocycles. The predicted molar refractivity (Wildman–Crippen MR) is 120 cm³/mol. The Bertz CT molecular complexity index is 835. The van der Waals surface area contributed by atoms with Crippen molar-refractivity contribution in [2.45, 2.75) is 76.8 Å². The number of hydrogen-bond donors (Lipinski definition) is 0. The number of hydrogen-bond acceptors (Lipinski definition) is 5. The fraction of sp³-hybridized carbons (Fsp3) is 0.609. The first kappa shape index (κ1) is 23.4. The van der Waals surface area contributed by atoms with Gasteiger partial charge in [-0.3, -0.25) is 0 Å². The first-order chi connectivity index (χ1) is 14.7. The first-order valence-corrected chi connectivity index (χ1v) is 12.0. The van der Waals surface area contributed by atoms with E-state index in [4.69, 9.17) is 9.47 Å². The number of benzene rings is 1. The topological polar surface area (TPSA) is 85.3 Å². The Morgan fingerprint density at radius 3 is 2.26 bits per heavy atom. The quantitative estimate of drug-likeness (QED) is 0.484. The van der Waals surface area contributed by atoms with Gasteiger partial charge in [0.2, 0.25) is 0 Å². The van der Waals surface area contributed by atoms with Gasteiger partial charge in [-0.2, -0.15) is 4.40 Å². The third kappa shape index (κ3) is 5.73. The highest BCUT2D eigenvalue weighted by molar-refractivity contribution is 7.85. The summed E-state index contributed by atoms with van der Waals surface area (Å²) in [6, 6.07) is 9.55. The molecule has 2 saturated heterocycles. The van der Waals surface area contributed by atoms with E-state index in [1.54, 1.807) is 6.92 Å². The van der Waals surface area contributed by atoms with Crippen LogP contribution in [0.2, 0.25) is 0 Å². The van der Waals surface area contributed by atoms with Crippen LogP contribution in [0.3, 0.4) is 0 Å². The van der Waals surface area contributed by atoms with E-state index in [9.17, 15) is 13.8 Å². The van der Waals surface area contributed by atoms with E-state index in [0.29, 0.717) is 12.8 Å². The third-order valence-electron chi connectivity index (χ3n) is 5.73. The molecule has 1 aromatic carbocycles. The lowest BCUT2D eigenvalue weighted by Gasteiger charge is -2.38. The SMILES string of the molecule is CCOC(=O)/C(=N\[S@@](=O)C(C)(C)C)C1CC2CCC(C1)N2C(=O)OCc1ccccc1. The van der Waals surface area contributed by atoms with Crippen LogP contribution in [0.5, 0.6) is 0 Å². The summed E-state index contributed by atoms with van der Waals surface area (Å²) in [5.41, 5.74) is 1.18. The van der Waals surface area contributed by atoms with Crippen molar-refractivity contribution >= 4 is 28.8 Å². The maximum absolute atomic E-state index is 12.8. The van der Waals surface area contributed by atoms with Gasteiger partial charge in [-0.25, -0.2) is 13.8 Å². The minimum Gasteiger partial charge on any atom is -0.461 e. The Kier molecular flexibility index (Phi) is 7.51. The molecule has 0 radical (unpaired) electrons. The van der Waals surface area contributed by atoms with Crippen LogP contribution in [0.15, 0.2) is 34.7 Å². The molecule has 2 fully saturated rings. The van der Waals surface area contributed by atoms with Gasteiger partial charge in [0.15, 0.2) is 0 Å². The Hall–Kier alpha value is -2.22. The van der Waals surface area contributed by atoms with Crippen LogP contribution in [0.25, 0.3) is 0 Å². The minimum absolute atomic E-state index is 0.0188. The molecule has 170 valence electrons. The number of esters is 1. The second-order valence-electron chi connectivity index (χ2n) is 9.06. The van der Waals surface area contributed by atoms with Crippen molar-refractivity contribution < 1.29 is 23.3 Å². The van der Waals surface area contributed by atoms with E-state index in [-0.39, 0.29) is 43.0 Å². The molecule has 2 heterocycles. The molecule has 0 spiro atoms. The van der Waals surface area contributed by atoms with Crippen molar-refractivity contribution in [2.24, 2.45) is 10.3 Å². The zero-order chi connectivity index (χ0) is 22.6. The Labute approximate surface area is 186 Å². The molecule has 2 unspecified atom stereocenters. The van der Waals surface area contributed by atoms with Crippen molar-refractivity contribution in [2.75, 3.05) is 6.61 Å². The summed E-state index contributed by atoms with van der Waals surface area (Å²) in [5, 5.41) is 0. The number of piperidine rings is 1. The Morgan fingerprint density at radius 1 is 1.10 bits per heavy atom. The molecule has 31 heavy (non-hydrogen) atoms. The maximum atomic E-state index is 12.8. The van der Waals surface area contributed by atoms with Crippen molar-refractivity contribution in [3.8, 4) is 0 Å². The molecule has 0 saturated carbocycles. The molecule has 0 aromatic heterocycles. The number of carbonyl (C=O) groups excluding carboxylic acids is 2. The second kappa shape index (κ2) is 9.94. The van der Waals surface area contributed by atoms with E-state index in [2.05, 4.69) is 4.40 Å². The number of carbonyl (C=O) groups is 2. The van der Waals surface area contributed by atoms with Gasteiger partial charge in [0.25, 0.3) is 0 Å². The molecule has 2 bridgehead atoms. The van der Waals surface area contributed by atoms with Crippen LogP contribution in [-0.2, 0) is 31.9 Å². The molecule has 0 N–H and O–H groups in total. The molecule has 1 amide bonds. The summed E-state index contributed by atoms with van der Waals surface area (Å²) in [5.74, 6) is -0.689. The normalized spacial score (nSPS) is 24.6. The lowest BCUT2D eigenvalue weighted by Crippen LogP contribution is -2.49. The van der Waals surface area contributed by atoms with Crippen LogP contribution >= 0.6 is 0 Å². The Morgan fingerprint density at radius 2 is 1.71 bits per heavy atom. The predicted octanol–water partition coefficient (Wildman–Crippen LogP) is 4.03. The zero-order valence-electron chi connectivity index (χ0n) is 18.7. The number of fused-ring (bicyclic) bond motifs is 2. The number of ether oxygens (including phenoxy) is 2. The summed E-state index contributed by atoms with van der Waals surface area (Å²) in [7, 11) is -1.56. The molecule has 0 aliphatic carbocycles. The van der Waals surface area contributed by atoms with Crippen LogP contribution in [-0.4, -0.2) is 50.3 Å². The minimum atomic E-state index is -1.56. The largest absolute Gasteiger partial charge is 0.461 e. The zero-order valence-corrected chi connectivity index (χ0v) is 19.5. The van der Waals surface area contributed by atoms with Crippen molar-refractivity contribution in [1.82, 2.24) is 4.90 Å². The third-order valence-corrected chi connectivity index (χ3v) is 7.14. The van der Waals surface area contributed by atoms with Gasteiger partial charge in [0.05, 0.1) is 11.4 Å². The van der Waals surface area contributed by atoms with Gasteiger partial charge in [-0.1, -0.05) is 30.3 Å². The van der Waals surface area contributed by atoms with Crippen LogP contribution < -0.4 is 0 Å². The van der Waals surface area contributed by atoms with Gasteiger partial charge in [0, 0.05) is 18.0 Å². The van der Waals surface area contributed by atoms with E-state index in [1.165, 1.54) is 0 Å². The fourth-order valence-electron chi connectivity index (χ4n) is 4.20. The highest BCUT2D eigenvalue weighted by Gasteiger charge is 2.46. The highest BCUT2D eigenvalue weighted by atomic mass is 32.2. The summed E-state index contributed by atoms with van der Waals surface area (Å²) < 4.78 is 27.1.